The van der Waals surface area contributed by atoms with E-state index in [0.717, 1.165) is 5.56 Å². The van der Waals surface area contributed by atoms with Crippen LogP contribution < -0.4 is 0 Å². The number of hydrogen-bond donors (Lipinski definition) is 1. The van der Waals surface area contributed by atoms with Gasteiger partial charge in [-0.3, -0.25) is 4.79 Å². The largest absolute Gasteiger partial charge is 0.456 e. The van der Waals surface area contributed by atoms with Crippen molar-refractivity contribution in [2.75, 3.05) is 0 Å². The second kappa shape index (κ2) is 5.31. The minimum absolute atomic E-state index is 0.164. The monoisotopic (exact) mass is 243 g/mol. The zero-order chi connectivity index (χ0) is 13.0. The summed E-state index contributed by atoms with van der Waals surface area (Å²) in [5.41, 5.74) is 1.47. The Balaban J connectivity index is 2.04. The van der Waals surface area contributed by atoms with Gasteiger partial charge in [-0.05, 0) is 18.6 Å². The lowest BCUT2D eigenvalue weighted by molar-refractivity contribution is 0.0464. The molecule has 2 rings (SSSR count). The van der Waals surface area contributed by atoms with E-state index >= 15 is 0 Å². The van der Waals surface area contributed by atoms with Crippen LogP contribution in [0.25, 0.3) is 0 Å². The molecule has 0 saturated heterocycles. The van der Waals surface area contributed by atoms with Gasteiger partial charge in [-0.2, -0.15) is 0 Å². The first-order valence-electron chi connectivity index (χ1n) is 5.58. The van der Waals surface area contributed by atoms with Crippen molar-refractivity contribution in [1.29, 1.82) is 0 Å². The number of ether oxygens (including phenoxy) is 1. The SMILES string of the molecule is CC(=O)c1cc[nH]c1C(=O)OCc1ccccc1. The molecule has 4 nitrogen and oxygen atoms in total. The van der Waals surface area contributed by atoms with Crippen molar-refractivity contribution in [1.82, 2.24) is 4.98 Å². The van der Waals surface area contributed by atoms with Crippen molar-refractivity contribution < 1.29 is 14.3 Å². The van der Waals surface area contributed by atoms with Crippen LogP contribution in [-0.4, -0.2) is 16.7 Å². The number of nitrogens with one attached hydrogen (secondary N) is 1. The van der Waals surface area contributed by atoms with E-state index in [1.54, 1.807) is 12.3 Å². The maximum absolute atomic E-state index is 11.8. The van der Waals surface area contributed by atoms with Crippen molar-refractivity contribution in [3.63, 3.8) is 0 Å². The molecule has 0 radical (unpaired) electrons. The average Bonchev–Trinajstić information content (AvgIpc) is 2.86. The molecule has 1 heterocycles. The Bertz CT molecular complexity index is 557. The molecule has 1 aromatic carbocycles. The lowest BCUT2D eigenvalue weighted by Gasteiger charge is -2.04. The van der Waals surface area contributed by atoms with E-state index in [1.807, 2.05) is 30.3 Å². The van der Waals surface area contributed by atoms with Crippen LogP contribution in [0, 0.1) is 0 Å². The first-order chi connectivity index (χ1) is 8.68. The molecule has 1 N–H and O–H groups in total. The highest BCUT2D eigenvalue weighted by atomic mass is 16.5. The molecule has 0 atom stereocenters. The molecule has 0 aliphatic carbocycles. The lowest BCUT2D eigenvalue weighted by atomic mass is 10.2. The predicted molar refractivity (Wildman–Crippen MR) is 66.4 cm³/mol. The van der Waals surface area contributed by atoms with E-state index in [1.165, 1.54) is 6.92 Å². The minimum Gasteiger partial charge on any atom is -0.456 e. The highest BCUT2D eigenvalue weighted by Crippen LogP contribution is 2.10. The Hall–Kier alpha value is -2.36. The Labute approximate surface area is 105 Å². The molecule has 0 aliphatic heterocycles. The Morgan fingerprint density at radius 2 is 1.89 bits per heavy atom. The van der Waals surface area contributed by atoms with Crippen LogP contribution in [0.3, 0.4) is 0 Å². The van der Waals surface area contributed by atoms with Gasteiger partial charge in [0.2, 0.25) is 0 Å². The quantitative estimate of drug-likeness (QED) is 0.663. The second-order valence-corrected chi connectivity index (χ2v) is 3.88. The second-order valence-electron chi connectivity index (χ2n) is 3.88. The van der Waals surface area contributed by atoms with Crippen LogP contribution in [0.2, 0.25) is 0 Å². The summed E-state index contributed by atoms with van der Waals surface area (Å²) in [5.74, 6) is -0.683. The molecule has 0 aliphatic rings. The molecule has 0 amide bonds. The number of ketones is 1. The van der Waals surface area contributed by atoms with Gasteiger partial charge in [0, 0.05) is 11.8 Å². The number of Topliss-reactive ketones (excluding diaryl/α,β-unsaturated/α-hetero) is 1. The van der Waals surface area contributed by atoms with Crippen molar-refractivity contribution in [3.8, 4) is 0 Å². The van der Waals surface area contributed by atoms with Gasteiger partial charge in [0.15, 0.2) is 5.78 Å². The number of H-pyrrole nitrogens is 1. The van der Waals surface area contributed by atoms with Crippen molar-refractivity contribution >= 4 is 11.8 Å². The van der Waals surface area contributed by atoms with Crippen LogP contribution in [0.5, 0.6) is 0 Å². The number of aromatic amines is 1. The molecule has 4 heteroatoms. The van der Waals surface area contributed by atoms with Crippen LogP contribution in [-0.2, 0) is 11.3 Å². The zero-order valence-electron chi connectivity index (χ0n) is 9.97. The van der Waals surface area contributed by atoms with E-state index in [4.69, 9.17) is 4.74 Å². The first-order valence-corrected chi connectivity index (χ1v) is 5.58. The van der Waals surface area contributed by atoms with E-state index in [2.05, 4.69) is 4.98 Å². The topological polar surface area (TPSA) is 59.2 Å². The Kier molecular flexibility index (Phi) is 3.57. The third-order valence-corrected chi connectivity index (χ3v) is 2.54. The van der Waals surface area contributed by atoms with E-state index in [9.17, 15) is 9.59 Å². The molecule has 1 aromatic heterocycles. The number of benzene rings is 1. The number of carbonyl (C=O) groups excluding carboxylic acids is 2. The fourth-order valence-electron chi connectivity index (χ4n) is 1.63. The van der Waals surface area contributed by atoms with Crippen molar-refractivity contribution in [2.24, 2.45) is 0 Å². The number of rotatable bonds is 4. The zero-order valence-corrected chi connectivity index (χ0v) is 9.97. The molecular formula is C14H13NO3. The van der Waals surface area contributed by atoms with Crippen LogP contribution in [0.4, 0.5) is 0 Å². The van der Waals surface area contributed by atoms with Gasteiger partial charge in [-0.15, -0.1) is 0 Å². The summed E-state index contributed by atoms with van der Waals surface area (Å²) in [4.78, 5) is 25.8. The fourth-order valence-corrected chi connectivity index (χ4v) is 1.63. The molecule has 0 saturated carbocycles. The normalized spacial score (nSPS) is 10.1. The van der Waals surface area contributed by atoms with Gasteiger partial charge < -0.3 is 9.72 Å². The van der Waals surface area contributed by atoms with Gasteiger partial charge in [0.1, 0.15) is 12.3 Å². The van der Waals surface area contributed by atoms with Crippen molar-refractivity contribution in [2.45, 2.75) is 13.5 Å². The molecule has 0 unspecified atom stereocenters. The Morgan fingerprint density at radius 3 is 2.56 bits per heavy atom. The van der Waals surface area contributed by atoms with Gasteiger partial charge in [-0.25, -0.2) is 4.79 Å². The third kappa shape index (κ3) is 2.66. The molecular weight excluding hydrogens is 230 g/mol. The van der Waals surface area contributed by atoms with Crippen LogP contribution in [0.1, 0.15) is 33.3 Å². The molecule has 18 heavy (non-hydrogen) atoms. The number of esters is 1. The van der Waals surface area contributed by atoms with E-state index < -0.39 is 5.97 Å². The summed E-state index contributed by atoms with van der Waals surface area (Å²) < 4.78 is 5.14. The first kappa shape index (κ1) is 12.1. The van der Waals surface area contributed by atoms with E-state index in [0.29, 0.717) is 5.56 Å². The van der Waals surface area contributed by atoms with E-state index in [-0.39, 0.29) is 18.1 Å². The molecule has 0 fully saturated rings. The minimum atomic E-state index is -0.519. The summed E-state index contributed by atoms with van der Waals surface area (Å²) in [7, 11) is 0. The number of hydrogen-bond acceptors (Lipinski definition) is 3. The number of aromatic nitrogens is 1. The van der Waals surface area contributed by atoms with Crippen LogP contribution in [0.15, 0.2) is 42.6 Å². The highest BCUT2D eigenvalue weighted by molar-refractivity contribution is 6.04. The summed E-state index contributed by atoms with van der Waals surface area (Å²) in [5, 5.41) is 0. The summed E-state index contributed by atoms with van der Waals surface area (Å²) >= 11 is 0. The summed E-state index contributed by atoms with van der Waals surface area (Å²) in [6.45, 7) is 1.60. The third-order valence-electron chi connectivity index (χ3n) is 2.54. The van der Waals surface area contributed by atoms with Crippen molar-refractivity contribution in [3.05, 3.63) is 59.4 Å². The maximum Gasteiger partial charge on any atom is 0.355 e. The molecule has 0 spiro atoms. The fraction of sp³-hybridized carbons (Fsp3) is 0.143. The van der Waals surface area contributed by atoms with Crippen LogP contribution >= 0.6 is 0 Å². The smallest absolute Gasteiger partial charge is 0.355 e. The maximum atomic E-state index is 11.8. The number of carbonyl (C=O) groups is 2. The molecule has 92 valence electrons. The Morgan fingerprint density at radius 1 is 1.17 bits per heavy atom. The highest BCUT2D eigenvalue weighted by Gasteiger charge is 2.16. The summed E-state index contributed by atoms with van der Waals surface area (Å²) in [6.07, 6.45) is 1.55. The lowest BCUT2D eigenvalue weighted by Crippen LogP contribution is -2.09. The van der Waals surface area contributed by atoms with Gasteiger partial charge >= 0.3 is 5.97 Å². The van der Waals surface area contributed by atoms with Gasteiger partial charge in [0.05, 0.1) is 0 Å². The predicted octanol–water partition coefficient (Wildman–Crippen LogP) is 2.57. The van der Waals surface area contributed by atoms with Gasteiger partial charge in [-0.1, -0.05) is 30.3 Å². The molecule has 0 bridgehead atoms. The summed E-state index contributed by atoms with van der Waals surface area (Å²) in [6, 6.07) is 10.9. The average molecular weight is 243 g/mol. The standard InChI is InChI=1S/C14H13NO3/c1-10(16)12-7-8-15-13(12)14(17)18-9-11-5-3-2-4-6-11/h2-8,15H,9H2,1H3. The van der Waals surface area contributed by atoms with Gasteiger partial charge in [0.25, 0.3) is 0 Å². The molecule has 2 aromatic rings.